The number of hydrogen-bond acceptors (Lipinski definition) is 6. The molecule has 0 radical (unpaired) electrons. The average molecular weight is 400 g/mol. The summed E-state index contributed by atoms with van der Waals surface area (Å²) >= 11 is 0. The lowest BCUT2D eigenvalue weighted by Crippen LogP contribution is -2.53. The zero-order valence-electron chi connectivity index (χ0n) is 15.5. The van der Waals surface area contributed by atoms with Gasteiger partial charge in [-0.2, -0.15) is 4.89 Å². The van der Waals surface area contributed by atoms with Crippen molar-refractivity contribution in [2.24, 2.45) is 0 Å². The van der Waals surface area contributed by atoms with Gasteiger partial charge in [-0.25, -0.2) is 4.79 Å². The molecular formula is C18H27NO7P+. The summed E-state index contributed by atoms with van der Waals surface area (Å²) < 4.78 is 28.7. The van der Waals surface area contributed by atoms with Gasteiger partial charge in [-0.1, -0.05) is 18.2 Å². The van der Waals surface area contributed by atoms with E-state index in [9.17, 15) is 19.4 Å². The first kappa shape index (κ1) is 21.9. The second-order valence-electron chi connectivity index (χ2n) is 6.22. The first-order chi connectivity index (χ1) is 13.0. The van der Waals surface area contributed by atoms with Gasteiger partial charge >= 0.3 is 14.0 Å². The second kappa shape index (κ2) is 10.8. The first-order valence-corrected chi connectivity index (χ1v) is 10.3. The molecular weight excluding hydrogens is 373 g/mol. The minimum Gasteiger partial charge on any atom is -0.478 e. The molecule has 8 nitrogen and oxygen atoms in total. The lowest BCUT2D eigenvalue weighted by molar-refractivity contribution is -0.158. The van der Waals surface area contributed by atoms with E-state index >= 15 is 0 Å². The van der Waals surface area contributed by atoms with Crippen LogP contribution in [-0.2, 0) is 25.2 Å². The predicted octanol–water partition coefficient (Wildman–Crippen LogP) is 1.79. The number of carboxylic acids is 1. The zero-order valence-corrected chi connectivity index (χ0v) is 16.4. The van der Waals surface area contributed by atoms with E-state index in [0.29, 0.717) is 32.8 Å². The van der Waals surface area contributed by atoms with Crippen molar-refractivity contribution in [3.05, 3.63) is 35.4 Å². The van der Waals surface area contributed by atoms with Crippen LogP contribution >= 0.6 is 8.03 Å². The summed E-state index contributed by atoms with van der Waals surface area (Å²) in [7, 11) is -2.57. The largest absolute Gasteiger partial charge is 0.517 e. The fraction of sp³-hybridized carbons (Fsp3) is 0.611. The molecule has 0 amide bonds. The molecule has 2 unspecified atom stereocenters. The molecule has 27 heavy (non-hydrogen) atoms. The smallest absolute Gasteiger partial charge is 0.478 e. The van der Waals surface area contributed by atoms with Gasteiger partial charge in [-0.05, 0) is 36.5 Å². The third-order valence-corrected chi connectivity index (χ3v) is 5.50. The standard InChI is InChI=1S/C18H26NO7P/c1-3-24-18(25-4-2)16(27(22)23)15-10-19-13(11-26-15)9-12-7-5-6-8-14(12)17(20)21/h5-8,13,15-16,18-19H,3-4,9-11H2,1-2H3,(H-,20,21,22,23)/p+1/t13-,15+,16?/m1/s1. The zero-order chi connectivity index (χ0) is 19.8. The van der Waals surface area contributed by atoms with Gasteiger partial charge in [0.1, 0.15) is 6.10 Å². The Bertz CT molecular complexity index is 628. The maximum atomic E-state index is 11.9. The molecule has 1 heterocycles. The molecule has 2 rings (SSSR count). The van der Waals surface area contributed by atoms with E-state index in [1.165, 1.54) is 0 Å². The molecule has 1 fully saturated rings. The highest BCUT2D eigenvalue weighted by Crippen LogP contribution is 2.33. The number of hydrogen-bond donors (Lipinski definition) is 3. The minimum atomic E-state index is -2.57. The van der Waals surface area contributed by atoms with Crippen LogP contribution in [0.4, 0.5) is 0 Å². The Morgan fingerprint density at radius 1 is 1.33 bits per heavy atom. The van der Waals surface area contributed by atoms with Gasteiger partial charge in [0.15, 0.2) is 0 Å². The summed E-state index contributed by atoms with van der Waals surface area (Å²) in [6.45, 7) is 4.96. The predicted molar refractivity (Wildman–Crippen MR) is 99.3 cm³/mol. The number of benzene rings is 1. The van der Waals surface area contributed by atoms with Crippen molar-refractivity contribution in [2.75, 3.05) is 26.4 Å². The van der Waals surface area contributed by atoms with Crippen molar-refractivity contribution in [1.82, 2.24) is 5.32 Å². The molecule has 1 saturated heterocycles. The molecule has 0 aliphatic carbocycles. The van der Waals surface area contributed by atoms with Gasteiger partial charge < -0.3 is 24.6 Å². The Hall–Kier alpha value is -1.41. The molecule has 4 atom stereocenters. The molecule has 3 N–H and O–H groups in total. The molecule has 150 valence electrons. The number of nitrogens with one attached hydrogen (secondary N) is 1. The summed E-state index contributed by atoms with van der Waals surface area (Å²) in [6, 6.07) is 6.76. The molecule has 0 aromatic heterocycles. The number of morpholine rings is 1. The highest BCUT2D eigenvalue weighted by molar-refractivity contribution is 7.39. The van der Waals surface area contributed by atoms with Crippen molar-refractivity contribution in [3.8, 4) is 0 Å². The van der Waals surface area contributed by atoms with E-state index in [2.05, 4.69) is 5.32 Å². The lowest BCUT2D eigenvalue weighted by atomic mass is 9.99. The summed E-state index contributed by atoms with van der Waals surface area (Å²) in [5.41, 5.74) is 0.181. The topological polar surface area (TPSA) is 114 Å². The van der Waals surface area contributed by atoms with E-state index < -0.39 is 32.1 Å². The normalized spacial score (nSPS) is 21.9. The fourth-order valence-electron chi connectivity index (χ4n) is 3.16. The van der Waals surface area contributed by atoms with Gasteiger partial charge in [-0.15, -0.1) is 0 Å². The van der Waals surface area contributed by atoms with Gasteiger partial charge in [0.05, 0.1) is 12.2 Å². The van der Waals surface area contributed by atoms with Crippen LogP contribution in [0.3, 0.4) is 0 Å². The third-order valence-electron chi connectivity index (χ3n) is 4.41. The van der Waals surface area contributed by atoms with Crippen molar-refractivity contribution < 1.29 is 33.6 Å². The lowest BCUT2D eigenvalue weighted by Gasteiger charge is -2.33. The molecule has 1 aliphatic heterocycles. The SMILES string of the molecule is CCOC(OCC)C([C@@H]1CN[C@H](Cc2ccccc2C(=O)O)CO1)[P+](=O)O. The van der Waals surface area contributed by atoms with Crippen LogP contribution in [0, 0.1) is 0 Å². The molecule has 0 saturated carbocycles. The highest BCUT2D eigenvalue weighted by Gasteiger charge is 2.48. The van der Waals surface area contributed by atoms with Gasteiger partial charge in [0, 0.05) is 25.8 Å². The molecule has 9 heteroatoms. The monoisotopic (exact) mass is 400 g/mol. The third kappa shape index (κ3) is 6.04. The van der Waals surface area contributed by atoms with E-state index in [-0.39, 0.29) is 11.6 Å². The van der Waals surface area contributed by atoms with E-state index in [0.717, 1.165) is 5.56 Å². The van der Waals surface area contributed by atoms with E-state index in [1.54, 1.807) is 38.1 Å². The highest BCUT2D eigenvalue weighted by atomic mass is 31.1. The molecule has 0 spiro atoms. The van der Waals surface area contributed by atoms with E-state index in [1.807, 2.05) is 0 Å². The van der Waals surface area contributed by atoms with Crippen LogP contribution in [-0.4, -0.2) is 66.4 Å². The number of ether oxygens (including phenoxy) is 3. The van der Waals surface area contributed by atoms with Crippen LogP contribution in [0.15, 0.2) is 24.3 Å². The van der Waals surface area contributed by atoms with Gasteiger partial charge in [0.25, 0.3) is 5.66 Å². The number of aromatic carboxylic acids is 1. The number of carboxylic acid groups (broad SMARTS) is 1. The van der Waals surface area contributed by atoms with Crippen LogP contribution < -0.4 is 5.32 Å². The maximum Gasteiger partial charge on any atom is 0.517 e. The number of rotatable bonds is 10. The average Bonchev–Trinajstić information content (AvgIpc) is 2.64. The maximum absolute atomic E-state index is 11.9. The van der Waals surface area contributed by atoms with Crippen LogP contribution in [0.1, 0.15) is 29.8 Å². The first-order valence-electron chi connectivity index (χ1n) is 9.02. The quantitative estimate of drug-likeness (QED) is 0.402. The Labute approximate surface area is 159 Å². The van der Waals surface area contributed by atoms with Crippen molar-refractivity contribution >= 4 is 14.0 Å². The second-order valence-corrected chi connectivity index (χ2v) is 7.42. The number of carbonyl (C=O) groups is 1. The van der Waals surface area contributed by atoms with Gasteiger partial charge in [-0.3, -0.25) is 0 Å². The Morgan fingerprint density at radius 2 is 2.00 bits per heavy atom. The van der Waals surface area contributed by atoms with Crippen molar-refractivity contribution in [1.29, 1.82) is 0 Å². The van der Waals surface area contributed by atoms with Gasteiger partial charge in [0.2, 0.25) is 6.29 Å². The summed E-state index contributed by atoms with van der Waals surface area (Å²) in [6.07, 6.45) is -0.858. The molecule has 0 bridgehead atoms. The fourth-order valence-corrected chi connectivity index (χ4v) is 4.02. The summed E-state index contributed by atoms with van der Waals surface area (Å²) in [5.74, 6) is -0.964. The van der Waals surface area contributed by atoms with E-state index in [4.69, 9.17) is 14.2 Å². The Morgan fingerprint density at radius 3 is 2.52 bits per heavy atom. The summed E-state index contributed by atoms with van der Waals surface area (Å²) in [5, 5.41) is 12.6. The summed E-state index contributed by atoms with van der Waals surface area (Å²) in [4.78, 5) is 21.1. The molecule has 1 aromatic carbocycles. The van der Waals surface area contributed by atoms with Crippen molar-refractivity contribution in [2.45, 2.75) is 44.4 Å². The minimum absolute atomic E-state index is 0.0865. The van der Waals surface area contributed by atoms with Crippen LogP contribution in [0.5, 0.6) is 0 Å². The molecule has 1 aromatic rings. The Kier molecular flexibility index (Phi) is 8.76. The van der Waals surface area contributed by atoms with Crippen LogP contribution in [0.25, 0.3) is 0 Å². The van der Waals surface area contributed by atoms with Crippen LogP contribution in [0.2, 0.25) is 0 Å². The molecule has 1 aliphatic rings. The van der Waals surface area contributed by atoms with Crippen molar-refractivity contribution in [3.63, 3.8) is 0 Å². The Balaban J connectivity index is 2.00.